The minimum Gasteiger partial charge on any atom is -0.398 e. The van der Waals surface area contributed by atoms with Crippen LogP contribution < -0.4 is 10.6 Å². The van der Waals surface area contributed by atoms with Crippen molar-refractivity contribution in [3.05, 3.63) is 56.5 Å². The number of fused-ring (bicyclic) bond motifs is 1. The van der Waals surface area contributed by atoms with Gasteiger partial charge in [-0.25, -0.2) is 0 Å². The Kier molecular flexibility index (Phi) is 3.68. The van der Waals surface area contributed by atoms with Gasteiger partial charge in [-0.15, -0.1) is 0 Å². The number of hydrogen-bond acceptors (Lipinski definition) is 2. The first-order valence-electron chi connectivity index (χ1n) is 6.64. The Morgan fingerprint density at radius 2 is 2.14 bits per heavy atom. The molecule has 1 aliphatic heterocycles. The molecule has 0 atom stereocenters. The number of amides is 1. The Morgan fingerprint density at radius 1 is 1.38 bits per heavy atom. The monoisotopic (exact) mass is 364 g/mol. The molecule has 5 heteroatoms. The van der Waals surface area contributed by atoms with Crippen LogP contribution in [0.4, 0.5) is 11.4 Å². The Morgan fingerprint density at radius 3 is 2.90 bits per heavy atom. The molecule has 1 amide bonds. The predicted molar refractivity (Wildman–Crippen MR) is 90.1 cm³/mol. The van der Waals surface area contributed by atoms with E-state index in [-0.39, 0.29) is 5.91 Å². The van der Waals surface area contributed by atoms with E-state index in [4.69, 9.17) is 17.3 Å². The van der Waals surface area contributed by atoms with Gasteiger partial charge in [0.1, 0.15) is 0 Å². The second-order valence-electron chi connectivity index (χ2n) is 5.15. The normalized spacial score (nSPS) is 13.4. The molecule has 0 aromatic heterocycles. The molecule has 1 heterocycles. The SMILES string of the molecule is Cc1cc2c(cc1N)N(C(=O)c1cccc(Br)c1Cl)CC2. The first-order valence-corrected chi connectivity index (χ1v) is 7.81. The summed E-state index contributed by atoms with van der Waals surface area (Å²) >= 11 is 9.58. The van der Waals surface area contributed by atoms with Crippen molar-refractivity contribution in [1.82, 2.24) is 0 Å². The van der Waals surface area contributed by atoms with E-state index in [9.17, 15) is 4.79 Å². The lowest BCUT2D eigenvalue weighted by molar-refractivity contribution is 0.0989. The average Bonchev–Trinajstić information content (AvgIpc) is 2.84. The zero-order valence-electron chi connectivity index (χ0n) is 11.5. The van der Waals surface area contributed by atoms with Crippen LogP contribution in [0.2, 0.25) is 5.02 Å². The van der Waals surface area contributed by atoms with Crippen molar-refractivity contribution in [2.45, 2.75) is 13.3 Å². The summed E-state index contributed by atoms with van der Waals surface area (Å²) < 4.78 is 0.720. The predicted octanol–water partition coefficient (Wildman–Crippen LogP) is 4.20. The first-order chi connectivity index (χ1) is 9.99. The molecule has 3 nitrogen and oxygen atoms in total. The number of anilines is 2. The van der Waals surface area contributed by atoms with Gasteiger partial charge in [-0.3, -0.25) is 4.79 Å². The van der Waals surface area contributed by atoms with Gasteiger partial charge >= 0.3 is 0 Å². The standard InChI is InChI=1S/C16H14BrClN2O/c1-9-7-10-5-6-20(14(10)8-13(9)19)16(21)11-3-2-4-12(17)15(11)18/h2-4,7-8H,5-6,19H2,1H3. The Labute approximate surface area is 136 Å². The number of nitrogens with zero attached hydrogens (tertiary/aromatic N) is 1. The summed E-state index contributed by atoms with van der Waals surface area (Å²) in [6.45, 7) is 2.63. The van der Waals surface area contributed by atoms with Gasteiger partial charge in [0, 0.05) is 22.4 Å². The van der Waals surface area contributed by atoms with E-state index in [1.807, 2.05) is 25.1 Å². The number of nitrogens with two attached hydrogens (primary N) is 1. The van der Waals surface area contributed by atoms with Gasteiger partial charge in [-0.2, -0.15) is 0 Å². The molecule has 0 bridgehead atoms. The second kappa shape index (κ2) is 5.35. The Bertz CT molecular complexity index is 745. The van der Waals surface area contributed by atoms with Gasteiger partial charge in [-0.1, -0.05) is 23.7 Å². The number of rotatable bonds is 1. The summed E-state index contributed by atoms with van der Waals surface area (Å²) in [4.78, 5) is 14.5. The largest absolute Gasteiger partial charge is 0.398 e. The summed E-state index contributed by atoms with van der Waals surface area (Å²) in [6.07, 6.45) is 0.841. The minimum absolute atomic E-state index is 0.0942. The smallest absolute Gasteiger partial charge is 0.259 e. The second-order valence-corrected chi connectivity index (χ2v) is 6.38. The molecule has 0 radical (unpaired) electrons. The zero-order valence-corrected chi connectivity index (χ0v) is 13.8. The molecule has 2 aromatic rings. The lowest BCUT2D eigenvalue weighted by Gasteiger charge is -2.19. The van der Waals surface area contributed by atoms with Gasteiger partial charge in [0.2, 0.25) is 0 Å². The van der Waals surface area contributed by atoms with Crippen molar-refractivity contribution < 1.29 is 4.79 Å². The van der Waals surface area contributed by atoms with E-state index in [1.54, 1.807) is 11.0 Å². The van der Waals surface area contributed by atoms with Crippen molar-refractivity contribution in [3.63, 3.8) is 0 Å². The fourth-order valence-electron chi connectivity index (χ4n) is 2.60. The van der Waals surface area contributed by atoms with Gasteiger partial charge in [0.15, 0.2) is 0 Å². The van der Waals surface area contributed by atoms with Crippen molar-refractivity contribution in [1.29, 1.82) is 0 Å². The third kappa shape index (κ3) is 2.43. The number of carbonyl (C=O) groups is 1. The fraction of sp³-hybridized carbons (Fsp3) is 0.188. The summed E-state index contributed by atoms with van der Waals surface area (Å²) in [5.74, 6) is -0.0942. The number of halogens is 2. The van der Waals surface area contributed by atoms with E-state index in [2.05, 4.69) is 22.0 Å². The van der Waals surface area contributed by atoms with Crippen LogP contribution in [-0.2, 0) is 6.42 Å². The third-order valence-electron chi connectivity index (χ3n) is 3.79. The summed E-state index contributed by atoms with van der Waals surface area (Å²) in [6, 6.07) is 9.30. The topological polar surface area (TPSA) is 46.3 Å². The highest BCUT2D eigenvalue weighted by atomic mass is 79.9. The molecule has 108 valence electrons. The lowest BCUT2D eigenvalue weighted by Crippen LogP contribution is -2.29. The van der Waals surface area contributed by atoms with Gasteiger partial charge in [0.25, 0.3) is 5.91 Å². The number of carbonyl (C=O) groups excluding carboxylic acids is 1. The Balaban J connectivity index is 2.03. The summed E-state index contributed by atoms with van der Waals surface area (Å²) in [5, 5.41) is 0.441. The maximum Gasteiger partial charge on any atom is 0.259 e. The van der Waals surface area contributed by atoms with Gasteiger partial charge in [0.05, 0.1) is 10.6 Å². The molecule has 21 heavy (non-hydrogen) atoms. The molecule has 0 saturated carbocycles. The van der Waals surface area contributed by atoms with Gasteiger partial charge < -0.3 is 10.6 Å². The van der Waals surface area contributed by atoms with E-state index >= 15 is 0 Å². The summed E-state index contributed by atoms with van der Waals surface area (Å²) in [7, 11) is 0. The van der Waals surface area contributed by atoms with Crippen molar-refractivity contribution in [3.8, 4) is 0 Å². The van der Waals surface area contributed by atoms with Crippen LogP contribution in [0, 0.1) is 6.92 Å². The maximum absolute atomic E-state index is 12.8. The van der Waals surface area contributed by atoms with Crippen LogP contribution in [0.3, 0.4) is 0 Å². The van der Waals surface area contributed by atoms with Crippen LogP contribution in [0.25, 0.3) is 0 Å². The molecule has 3 rings (SSSR count). The van der Waals surface area contributed by atoms with Crippen LogP contribution in [0.1, 0.15) is 21.5 Å². The van der Waals surface area contributed by atoms with E-state index < -0.39 is 0 Å². The molecule has 2 N–H and O–H groups in total. The number of hydrogen-bond donors (Lipinski definition) is 1. The van der Waals surface area contributed by atoms with E-state index in [1.165, 1.54) is 0 Å². The molecule has 0 fully saturated rings. The first kappa shape index (κ1) is 14.4. The fourth-order valence-corrected chi connectivity index (χ4v) is 3.17. The van der Waals surface area contributed by atoms with Crippen LogP contribution in [0.5, 0.6) is 0 Å². The van der Waals surface area contributed by atoms with Crippen molar-refractivity contribution >= 4 is 44.8 Å². The van der Waals surface area contributed by atoms with Crippen molar-refractivity contribution in [2.75, 3.05) is 17.2 Å². The van der Waals surface area contributed by atoms with E-state index in [0.29, 0.717) is 22.8 Å². The number of benzene rings is 2. The molecule has 1 aliphatic rings. The highest BCUT2D eigenvalue weighted by molar-refractivity contribution is 9.10. The molecule has 0 spiro atoms. The number of nitrogen functional groups attached to an aromatic ring is 1. The van der Waals surface area contributed by atoms with Crippen LogP contribution >= 0.6 is 27.5 Å². The molecular formula is C16H14BrClN2O. The quantitative estimate of drug-likeness (QED) is 0.770. The molecular weight excluding hydrogens is 352 g/mol. The lowest BCUT2D eigenvalue weighted by atomic mass is 10.1. The van der Waals surface area contributed by atoms with Crippen LogP contribution in [-0.4, -0.2) is 12.5 Å². The van der Waals surface area contributed by atoms with Crippen LogP contribution in [0.15, 0.2) is 34.8 Å². The average molecular weight is 366 g/mol. The van der Waals surface area contributed by atoms with Crippen molar-refractivity contribution in [2.24, 2.45) is 0 Å². The summed E-state index contributed by atoms with van der Waals surface area (Å²) in [5.41, 5.74) is 10.3. The molecule has 2 aromatic carbocycles. The highest BCUT2D eigenvalue weighted by Crippen LogP contribution is 2.35. The zero-order chi connectivity index (χ0) is 15.1. The minimum atomic E-state index is -0.0942. The molecule has 0 saturated heterocycles. The third-order valence-corrected chi connectivity index (χ3v) is 5.09. The molecule has 0 unspecified atom stereocenters. The number of aryl methyl sites for hydroxylation is 1. The maximum atomic E-state index is 12.8. The molecule has 0 aliphatic carbocycles. The Hall–Kier alpha value is -1.52. The highest BCUT2D eigenvalue weighted by Gasteiger charge is 2.27. The van der Waals surface area contributed by atoms with E-state index in [0.717, 1.165) is 27.7 Å². The van der Waals surface area contributed by atoms with Gasteiger partial charge in [-0.05, 0) is 58.6 Å².